The van der Waals surface area contributed by atoms with E-state index in [2.05, 4.69) is 22.9 Å². The molecule has 158 valence electrons. The lowest BCUT2D eigenvalue weighted by atomic mass is 10.1. The van der Waals surface area contributed by atoms with Gasteiger partial charge in [-0.3, -0.25) is 4.79 Å². The third-order valence-corrected chi connectivity index (χ3v) is 5.27. The fourth-order valence-corrected chi connectivity index (χ4v) is 3.39. The highest BCUT2D eigenvalue weighted by molar-refractivity contribution is 7.80. The molecule has 28 heavy (non-hydrogen) atoms. The molecular formula is C18H24Cl5N3OS. The third-order valence-electron chi connectivity index (χ3n) is 3.84. The average molecular weight is 508 g/mol. The SMILES string of the molecule is CCCCCCCCC(=O)NC(NC(=S)Nc1ccc(Cl)cc1Cl)C(Cl)(Cl)Cl. The predicted octanol–water partition coefficient (Wildman–Crippen LogP) is 6.84. The molecule has 0 aliphatic heterocycles. The second kappa shape index (κ2) is 13.2. The molecule has 0 saturated carbocycles. The van der Waals surface area contributed by atoms with Crippen molar-refractivity contribution in [1.29, 1.82) is 0 Å². The Morgan fingerprint density at radius 3 is 2.32 bits per heavy atom. The van der Waals surface area contributed by atoms with Gasteiger partial charge in [-0.25, -0.2) is 0 Å². The molecule has 0 heterocycles. The van der Waals surface area contributed by atoms with Crippen LogP contribution in [0.1, 0.15) is 51.9 Å². The quantitative estimate of drug-likeness (QED) is 0.140. The summed E-state index contributed by atoms with van der Waals surface area (Å²) in [6, 6.07) is 4.90. The van der Waals surface area contributed by atoms with E-state index < -0.39 is 9.96 Å². The molecule has 1 amide bonds. The number of anilines is 1. The minimum Gasteiger partial charge on any atom is -0.339 e. The fraction of sp³-hybridized carbons (Fsp3) is 0.556. The smallest absolute Gasteiger partial charge is 0.228 e. The molecule has 0 aromatic heterocycles. The van der Waals surface area contributed by atoms with E-state index >= 15 is 0 Å². The second-order valence-electron chi connectivity index (χ2n) is 6.28. The molecule has 1 unspecified atom stereocenters. The second-order valence-corrected chi connectivity index (χ2v) is 9.90. The largest absolute Gasteiger partial charge is 0.339 e. The Kier molecular flexibility index (Phi) is 12.2. The summed E-state index contributed by atoms with van der Waals surface area (Å²) in [5.41, 5.74) is 0.532. The summed E-state index contributed by atoms with van der Waals surface area (Å²) in [6.45, 7) is 2.16. The maximum Gasteiger partial charge on any atom is 0.228 e. The van der Waals surface area contributed by atoms with Crippen LogP contribution in [0.2, 0.25) is 10.0 Å². The molecule has 4 nitrogen and oxygen atoms in total. The molecule has 0 saturated heterocycles. The summed E-state index contributed by atoms with van der Waals surface area (Å²) in [5, 5.41) is 9.38. The first kappa shape index (κ1) is 25.9. The maximum atomic E-state index is 12.2. The normalized spacial score (nSPS) is 12.4. The Labute approximate surface area is 196 Å². The first-order valence-electron chi connectivity index (χ1n) is 9.02. The van der Waals surface area contributed by atoms with Gasteiger partial charge in [-0.15, -0.1) is 0 Å². The average Bonchev–Trinajstić information content (AvgIpc) is 2.59. The predicted molar refractivity (Wildman–Crippen MR) is 126 cm³/mol. The van der Waals surface area contributed by atoms with E-state index in [0.29, 0.717) is 22.2 Å². The highest BCUT2D eigenvalue weighted by Crippen LogP contribution is 2.30. The Hall–Kier alpha value is -0.170. The Balaban J connectivity index is 2.53. The van der Waals surface area contributed by atoms with E-state index in [1.807, 2.05) is 0 Å². The van der Waals surface area contributed by atoms with E-state index in [1.54, 1.807) is 18.2 Å². The molecule has 1 aromatic carbocycles. The van der Waals surface area contributed by atoms with Crippen LogP contribution in [0.4, 0.5) is 5.69 Å². The zero-order valence-corrected chi connectivity index (χ0v) is 20.1. The number of unbranched alkanes of at least 4 members (excludes halogenated alkanes) is 5. The molecule has 0 aliphatic rings. The molecule has 10 heteroatoms. The zero-order chi connectivity index (χ0) is 21.2. The highest BCUT2D eigenvalue weighted by atomic mass is 35.6. The number of nitrogens with one attached hydrogen (secondary N) is 3. The standard InChI is InChI=1S/C18H24Cl5N3OS/c1-2-3-4-5-6-7-8-15(27)25-16(18(21,22)23)26-17(28)24-14-10-9-12(19)11-13(14)20/h9-11,16H,2-8H2,1H3,(H,25,27)(H2,24,26,28). The van der Waals surface area contributed by atoms with Crippen LogP contribution in [0.5, 0.6) is 0 Å². The highest BCUT2D eigenvalue weighted by Gasteiger charge is 2.34. The van der Waals surface area contributed by atoms with E-state index in [0.717, 1.165) is 19.3 Å². The van der Waals surface area contributed by atoms with Crippen molar-refractivity contribution in [3.8, 4) is 0 Å². The van der Waals surface area contributed by atoms with Crippen LogP contribution in [-0.4, -0.2) is 21.0 Å². The van der Waals surface area contributed by atoms with Crippen molar-refractivity contribution >= 4 is 86.9 Å². The fourth-order valence-electron chi connectivity index (χ4n) is 2.38. The van der Waals surface area contributed by atoms with Gasteiger partial charge >= 0.3 is 0 Å². The van der Waals surface area contributed by atoms with Crippen molar-refractivity contribution in [2.45, 2.75) is 61.8 Å². The number of halogens is 5. The van der Waals surface area contributed by atoms with Gasteiger partial charge in [0, 0.05) is 11.4 Å². The molecule has 1 atom stereocenters. The third kappa shape index (κ3) is 10.6. The number of rotatable bonds is 10. The summed E-state index contributed by atoms with van der Waals surface area (Å²) in [5.74, 6) is -0.216. The summed E-state index contributed by atoms with van der Waals surface area (Å²) in [4.78, 5) is 12.2. The van der Waals surface area contributed by atoms with Crippen LogP contribution in [0, 0.1) is 0 Å². The van der Waals surface area contributed by atoms with Gasteiger partial charge in [0.2, 0.25) is 9.70 Å². The Bertz CT molecular complexity index is 655. The van der Waals surface area contributed by atoms with Gasteiger partial charge in [0.1, 0.15) is 6.17 Å². The first-order valence-corrected chi connectivity index (χ1v) is 11.3. The molecule has 0 radical (unpaired) electrons. The number of carbonyl (C=O) groups is 1. The molecule has 1 rings (SSSR count). The van der Waals surface area contributed by atoms with Gasteiger partial charge in [-0.1, -0.05) is 97.0 Å². The molecule has 3 N–H and O–H groups in total. The van der Waals surface area contributed by atoms with Crippen molar-refractivity contribution in [2.24, 2.45) is 0 Å². The molecule has 0 aliphatic carbocycles. The number of alkyl halides is 3. The van der Waals surface area contributed by atoms with Crippen LogP contribution >= 0.6 is 70.2 Å². The Morgan fingerprint density at radius 2 is 1.71 bits per heavy atom. The lowest BCUT2D eigenvalue weighted by molar-refractivity contribution is -0.122. The van der Waals surface area contributed by atoms with Crippen molar-refractivity contribution in [1.82, 2.24) is 10.6 Å². The number of thiocarbonyl (C=S) groups is 1. The zero-order valence-electron chi connectivity index (χ0n) is 15.5. The molecule has 0 spiro atoms. The van der Waals surface area contributed by atoms with Crippen molar-refractivity contribution in [3.05, 3.63) is 28.2 Å². The van der Waals surface area contributed by atoms with Gasteiger partial charge in [0.25, 0.3) is 0 Å². The summed E-state index contributed by atoms with van der Waals surface area (Å²) < 4.78 is -1.80. The van der Waals surface area contributed by atoms with Crippen LogP contribution in [0.3, 0.4) is 0 Å². The number of amides is 1. The van der Waals surface area contributed by atoms with E-state index in [9.17, 15) is 4.79 Å². The van der Waals surface area contributed by atoms with Crippen LogP contribution in [-0.2, 0) is 4.79 Å². The minimum absolute atomic E-state index is 0.139. The topological polar surface area (TPSA) is 53.2 Å². The van der Waals surface area contributed by atoms with Gasteiger partial charge < -0.3 is 16.0 Å². The summed E-state index contributed by atoms with van der Waals surface area (Å²) >= 11 is 35.2. The minimum atomic E-state index is -1.80. The maximum absolute atomic E-state index is 12.2. The van der Waals surface area contributed by atoms with Crippen molar-refractivity contribution in [2.75, 3.05) is 5.32 Å². The van der Waals surface area contributed by atoms with E-state index in [1.165, 1.54) is 19.3 Å². The van der Waals surface area contributed by atoms with E-state index in [4.69, 9.17) is 70.2 Å². The number of benzene rings is 1. The molecule has 0 bridgehead atoms. The Morgan fingerprint density at radius 1 is 1.07 bits per heavy atom. The van der Waals surface area contributed by atoms with Crippen molar-refractivity contribution < 1.29 is 4.79 Å². The molecular weight excluding hydrogens is 484 g/mol. The molecule has 0 fully saturated rings. The van der Waals surface area contributed by atoms with Crippen molar-refractivity contribution in [3.63, 3.8) is 0 Å². The summed E-state index contributed by atoms with van der Waals surface area (Å²) in [7, 11) is 0. The lowest BCUT2D eigenvalue weighted by Crippen LogP contribution is -2.56. The number of hydrogen-bond acceptors (Lipinski definition) is 2. The van der Waals surface area contributed by atoms with Crippen LogP contribution in [0.25, 0.3) is 0 Å². The van der Waals surface area contributed by atoms with Gasteiger partial charge in [0.05, 0.1) is 10.7 Å². The first-order chi connectivity index (χ1) is 13.1. The number of carbonyl (C=O) groups excluding carboxylic acids is 1. The van der Waals surface area contributed by atoms with Crippen LogP contribution < -0.4 is 16.0 Å². The molecule has 1 aromatic rings. The van der Waals surface area contributed by atoms with Gasteiger partial charge in [-0.2, -0.15) is 0 Å². The lowest BCUT2D eigenvalue weighted by Gasteiger charge is -2.28. The summed E-state index contributed by atoms with van der Waals surface area (Å²) in [6.07, 6.45) is 5.83. The van der Waals surface area contributed by atoms with Crippen LogP contribution in [0.15, 0.2) is 18.2 Å². The van der Waals surface area contributed by atoms with Gasteiger partial charge in [-0.05, 0) is 36.8 Å². The van der Waals surface area contributed by atoms with Gasteiger partial charge in [0.15, 0.2) is 5.11 Å². The number of hydrogen-bond donors (Lipinski definition) is 3. The monoisotopic (exact) mass is 505 g/mol. The van der Waals surface area contributed by atoms with E-state index in [-0.39, 0.29) is 11.0 Å².